The highest BCUT2D eigenvalue weighted by molar-refractivity contribution is 7.89. The minimum absolute atomic E-state index is 0.0774. The lowest BCUT2D eigenvalue weighted by Crippen LogP contribution is -2.62. The number of amides is 4. The van der Waals surface area contributed by atoms with E-state index in [1.807, 2.05) is 41.5 Å². The Bertz CT molecular complexity index is 1470. The van der Waals surface area contributed by atoms with E-state index in [1.165, 1.54) is 15.6 Å². The van der Waals surface area contributed by atoms with Gasteiger partial charge in [-0.3, -0.25) is 19.7 Å². The number of rotatable bonds is 15. The Morgan fingerprint density at radius 3 is 2.34 bits per heavy atom. The Balaban J connectivity index is 1.56. The van der Waals surface area contributed by atoms with Crippen LogP contribution in [0, 0.1) is 23.2 Å². The largest absolute Gasteiger partial charge is 0.376 e. The van der Waals surface area contributed by atoms with Crippen molar-refractivity contribution in [3.8, 4) is 0 Å². The van der Waals surface area contributed by atoms with E-state index in [1.54, 1.807) is 16.3 Å². The van der Waals surface area contributed by atoms with Crippen molar-refractivity contribution >= 4 is 45.0 Å². The zero-order chi connectivity index (χ0) is 37.0. The number of urea groups is 1. The molecule has 1 aromatic rings. The predicted octanol–water partition coefficient (Wildman–Crippen LogP) is 3.31. The molecule has 4 amide bonds. The molecule has 6 atom stereocenters. The van der Waals surface area contributed by atoms with Gasteiger partial charge in [0.05, 0.1) is 17.0 Å². The number of hydrogen-bond acceptors (Lipinski definition) is 9. The molecule has 3 heterocycles. The SMILES string of the molecule is CCCCC(NC(O)[C@@H]1[C@@H](C(C)C)CCN1C(=O)[C@@H](NC(=O)N[C@H](CN1Cc2sccc2S1(=O)=O)C(C)(C)C)C1CCCCC1)C(=O)C(N)=O. The number of unbranched alkanes of at least 4 members (excludes halogenated alkanes) is 1. The van der Waals surface area contributed by atoms with E-state index in [0.717, 1.165) is 43.4 Å². The van der Waals surface area contributed by atoms with Crippen molar-refractivity contribution < 1.29 is 32.7 Å². The molecule has 1 saturated heterocycles. The van der Waals surface area contributed by atoms with Crippen LogP contribution in [-0.2, 0) is 31.0 Å². The van der Waals surface area contributed by atoms with Gasteiger partial charge in [0.1, 0.15) is 12.3 Å². The van der Waals surface area contributed by atoms with Crippen LogP contribution >= 0.6 is 11.3 Å². The lowest BCUT2D eigenvalue weighted by Gasteiger charge is -2.39. The van der Waals surface area contributed by atoms with Gasteiger partial charge in [0.2, 0.25) is 21.7 Å². The summed E-state index contributed by atoms with van der Waals surface area (Å²) in [6.45, 7) is 12.5. The van der Waals surface area contributed by atoms with Gasteiger partial charge in [0.15, 0.2) is 0 Å². The number of nitrogens with one attached hydrogen (secondary N) is 3. The Hall–Kier alpha value is -2.59. The second kappa shape index (κ2) is 16.8. The van der Waals surface area contributed by atoms with Gasteiger partial charge in [0.25, 0.3) is 5.91 Å². The van der Waals surface area contributed by atoms with Crippen LogP contribution in [-0.4, -0.2) is 89.8 Å². The molecular formula is C35H58N6O7S2. The molecule has 13 nitrogen and oxygen atoms in total. The average Bonchev–Trinajstić information content (AvgIpc) is 3.77. The first-order chi connectivity index (χ1) is 23.5. The summed E-state index contributed by atoms with van der Waals surface area (Å²) < 4.78 is 27.9. The minimum atomic E-state index is -3.68. The minimum Gasteiger partial charge on any atom is -0.376 e. The average molecular weight is 739 g/mol. The number of aliphatic hydroxyl groups excluding tert-OH is 1. The number of likely N-dealkylation sites (tertiary alicyclic amines) is 1. The van der Waals surface area contributed by atoms with Gasteiger partial charge in [-0.15, -0.1) is 11.3 Å². The van der Waals surface area contributed by atoms with Crippen LogP contribution in [0.15, 0.2) is 16.3 Å². The summed E-state index contributed by atoms with van der Waals surface area (Å²) in [5.74, 6) is -2.31. The molecule has 0 bridgehead atoms. The van der Waals surface area contributed by atoms with Crippen molar-refractivity contribution in [2.45, 2.75) is 141 Å². The highest BCUT2D eigenvalue weighted by Gasteiger charge is 2.47. The maximum atomic E-state index is 14.6. The fourth-order valence-corrected chi connectivity index (χ4v) is 10.7. The van der Waals surface area contributed by atoms with Gasteiger partial charge in [-0.25, -0.2) is 13.2 Å². The number of ketones is 1. The molecule has 2 fully saturated rings. The molecule has 1 aromatic heterocycles. The third kappa shape index (κ3) is 9.25. The number of thiophene rings is 1. The van der Waals surface area contributed by atoms with Crippen molar-refractivity contribution in [1.29, 1.82) is 0 Å². The Morgan fingerprint density at radius 2 is 1.76 bits per heavy atom. The topological polar surface area (TPSA) is 191 Å². The molecule has 1 saturated carbocycles. The summed E-state index contributed by atoms with van der Waals surface area (Å²) in [6.07, 6.45) is 5.46. The number of hydrogen-bond donors (Lipinski definition) is 5. The smallest absolute Gasteiger partial charge is 0.315 e. The van der Waals surface area contributed by atoms with Crippen LogP contribution in [0.5, 0.6) is 0 Å². The molecule has 3 aliphatic rings. The van der Waals surface area contributed by atoms with E-state index in [0.29, 0.717) is 30.7 Å². The van der Waals surface area contributed by atoms with E-state index < -0.39 is 63.6 Å². The number of nitrogens with zero attached hydrogens (tertiary/aromatic N) is 2. The molecular weight excluding hydrogens is 681 g/mol. The Labute approximate surface area is 301 Å². The maximum absolute atomic E-state index is 14.6. The molecule has 2 unspecified atom stereocenters. The van der Waals surface area contributed by atoms with Gasteiger partial charge < -0.3 is 26.4 Å². The molecule has 1 aliphatic carbocycles. The van der Waals surface area contributed by atoms with Gasteiger partial charge >= 0.3 is 6.03 Å². The third-order valence-corrected chi connectivity index (χ3v) is 13.7. The second-order valence-corrected chi connectivity index (χ2v) is 18.6. The number of primary amides is 1. The van der Waals surface area contributed by atoms with Crippen LogP contribution in [0.2, 0.25) is 0 Å². The number of carbonyl (C=O) groups is 4. The lowest BCUT2D eigenvalue weighted by atomic mass is 9.82. The molecule has 0 radical (unpaired) electrons. The van der Waals surface area contributed by atoms with Crippen molar-refractivity contribution in [3.05, 3.63) is 16.3 Å². The molecule has 15 heteroatoms. The normalized spacial score (nSPS) is 23.6. The lowest BCUT2D eigenvalue weighted by molar-refractivity contribution is -0.141. The van der Waals surface area contributed by atoms with Gasteiger partial charge in [-0.1, -0.05) is 73.6 Å². The number of nitrogens with two attached hydrogens (primary N) is 1. The fourth-order valence-electron chi connectivity index (χ4n) is 7.73. The summed E-state index contributed by atoms with van der Waals surface area (Å²) in [5.41, 5.74) is 4.83. The van der Waals surface area contributed by atoms with Gasteiger partial charge in [-0.2, -0.15) is 4.31 Å². The first-order valence-electron chi connectivity index (χ1n) is 18.2. The first kappa shape index (κ1) is 40.2. The summed E-state index contributed by atoms with van der Waals surface area (Å²) in [4.78, 5) is 55.7. The molecule has 2 aliphatic heterocycles. The number of Topliss-reactive ketones (excluding diaryl/α,β-unsaturated/α-hetero) is 1. The van der Waals surface area contributed by atoms with E-state index in [4.69, 9.17) is 5.73 Å². The quantitative estimate of drug-likeness (QED) is 0.134. The van der Waals surface area contributed by atoms with E-state index in [-0.39, 0.29) is 36.8 Å². The van der Waals surface area contributed by atoms with Crippen LogP contribution in [0.3, 0.4) is 0 Å². The standard InChI is InChI=1S/C35H58N6O7S2/c1-7-8-14-24(30(42)31(36)43)37-32(44)29-23(21(2)3)15-17-41(29)33(45)28(22-12-10-9-11-13-22)39-34(46)38-27(35(4,5)6)20-40-19-25-26(16-18-49-25)50(40,47)48/h16,18,21-24,27-29,32,37,44H,7-15,17,19-20H2,1-6H3,(H2,36,43)(H2,38,39,46)/t23-,24?,27-,28+,29+,32?/m1/s1. The van der Waals surface area contributed by atoms with E-state index >= 15 is 0 Å². The number of aliphatic hydroxyl groups is 1. The second-order valence-electron chi connectivity index (χ2n) is 15.7. The molecule has 4 rings (SSSR count). The maximum Gasteiger partial charge on any atom is 0.315 e. The van der Waals surface area contributed by atoms with Crippen LogP contribution in [0.1, 0.15) is 104 Å². The molecule has 6 N–H and O–H groups in total. The third-order valence-electron chi connectivity index (χ3n) is 10.8. The predicted molar refractivity (Wildman–Crippen MR) is 192 cm³/mol. The number of fused-ring (bicyclic) bond motifs is 1. The van der Waals surface area contributed by atoms with Crippen molar-refractivity contribution in [2.75, 3.05) is 13.1 Å². The van der Waals surface area contributed by atoms with Crippen LogP contribution < -0.4 is 21.7 Å². The monoisotopic (exact) mass is 738 g/mol. The Morgan fingerprint density at radius 1 is 1.08 bits per heavy atom. The van der Waals surface area contributed by atoms with E-state index in [9.17, 15) is 32.7 Å². The van der Waals surface area contributed by atoms with Crippen molar-refractivity contribution in [2.24, 2.45) is 28.9 Å². The summed E-state index contributed by atoms with van der Waals surface area (Å²) in [7, 11) is -3.68. The number of sulfonamides is 1. The van der Waals surface area contributed by atoms with Crippen molar-refractivity contribution in [3.63, 3.8) is 0 Å². The summed E-state index contributed by atoms with van der Waals surface area (Å²) in [6, 6.07) is -2.06. The molecule has 282 valence electrons. The van der Waals surface area contributed by atoms with Gasteiger partial charge in [0, 0.05) is 30.6 Å². The highest BCUT2D eigenvalue weighted by atomic mass is 32.2. The van der Waals surface area contributed by atoms with E-state index in [2.05, 4.69) is 16.0 Å². The van der Waals surface area contributed by atoms with Crippen LogP contribution in [0.4, 0.5) is 4.79 Å². The Kier molecular flexibility index (Phi) is 13.5. The number of carbonyl (C=O) groups excluding carboxylic acids is 4. The fraction of sp³-hybridized carbons (Fsp3) is 0.771. The summed E-state index contributed by atoms with van der Waals surface area (Å²) >= 11 is 1.40. The summed E-state index contributed by atoms with van der Waals surface area (Å²) in [5, 5.41) is 22.4. The molecule has 0 aromatic carbocycles. The molecule has 0 spiro atoms. The highest BCUT2D eigenvalue weighted by Crippen LogP contribution is 2.37. The van der Waals surface area contributed by atoms with Gasteiger partial charge in [-0.05, 0) is 60.3 Å². The molecule has 50 heavy (non-hydrogen) atoms. The first-order valence-corrected chi connectivity index (χ1v) is 20.5. The zero-order valence-electron chi connectivity index (χ0n) is 30.4. The van der Waals surface area contributed by atoms with Crippen molar-refractivity contribution in [1.82, 2.24) is 25.2 Å². The zero-order valence-corrected chi connectivity index (χ0v) is 32.1. The van der Waals surface area contributed by atoms with Crippen LogP contribution in [0.25, 0.3) is 0 Å².